The van der Waals surface area contributed by atoms with E-state index in [1.165, 1.54) is 50.1 Å². The highest BCUT2D eigenvalue weighted by atomic mass is 16.4. The molecule has 9 aromatic carbocycles. The second-order valence-electron chi connectivity index (χ2n) is 15.1. The van der Waals surface area contributed by atoms with E-state index in [0.29, 0.717) is 5.84 Å². The number of aromatic nitrogens is 2. The van der Waals surface area contributed by atoms with E-state index in [-0.39, 0.29) is 0 Å². The van der Waals surface area contributed by atoms with Crippen LogP contribution in [0.2, 0.25) is 0 Å². The van der Waals surface area contributed by atoms with Gasteiger partial charge in [0.1, 0.15) is 5.52 Å². The van der Waals surface area contributed by atoms with Crippen molar-refractivity contribution in [3.63, 3.8) is 0 Å². The zero-order valence-corrected chi connectivity index (χ0v) is 32.5. The minimum Gasteiger partial charge on any atom is -0.423 e. The van der Waals surface area contributed by atoms with Crippen LogP contribution in [0.15, 0.2) is 217 Å². The van der Waals surface area contributed by atoms with Gasteiger partial charge < -0.3 is 4.42 Å². The van der Waals surface area contributed by atoms with Crippen molar-refractivity contribution < 1.29 is 4.42 Å². The van der Waals surface area contributed by atoms with Gasteiger partial charge in [0.05, 0.1) is 11.0 Å². The molecule has 0 bridgehead atoms. The van der Waals surface area contributed by atoms with Crippen LogP contribution in [0, 0.1) is 6.92 Å². The lowest BCUT2D eigenvalue weighted by Crippen LogP contribution is -2.02. The minimum atomic E-state index is 0.602. The van der Waals surface area contributed by atoms with Crippen molar-refractivity contribution in [2.75, 3.05) is 0 Å². The monoisotopic (exact) mass is 754 g/mol. The highest BCUT2D eigenvalue weighted by Crippen LogP contribution is 2.56. The summed E-state index contributed by atoms with van der Waals surface area (Å²) in [6.07, 6.45) is 0. The molecule has 0 N–H and O–H groups in total. The smallest absolute Gasteiger partial charge is 0.307 e. The molecule has 0 radical (unpaired) electrons. The van der Waals surface area contributed by atoms with Gasteiger partial charge >= 0.3 is 5.84 Å². The van der Waals surface area contributed by atoms with Crippen molar-refractivity contribution in [3.05, 3.63) is 218 Å². The summed E-state index contributed by atoms with van der Waals surface area (Å²) < 4.78 is 8.37. The van der Waals surface area contributed by atoms with Gasteiger partial charge in [0.15, 0.2) is 5.58 Å². The van der Waals surface area contributed by atoms with Gasteiger partial charge in [0, 0.05) is 5.56 Å². The van der Waals surface area contributed by atoms with Crippen LogP contribution in [0.25, 0.3) is 106 Å². The van der Waals surface area contributed by atoms with Gasteiger partial charge in [0.25, 0.3) is 0 Å². The molecule has 0 aliphatic carbocycles. The van der Waals surface area contributed by atoms with Gasteiger partial charge in [-0.3, -0.25) is 4.40 Å². The first-order valence-corrected chi connectivity index (χ1v) is 20.1. The lowest BCUT2D eigenvalue weighted by Gasteiger charge is -2.29. The Kier molecular flexibility index (Phi) is 8.37. The zero-order chi connectivity index (χ0) is 39.3. The zero-order valence-electron chi connectivity index (χ0n) is 32.5. The Morgan fingerprint density at radius 1 is 0.322 bits per heavy atom. The van der Waals surface area contributed by atoms with Crippen LogP contribution in [0.5, 0.6) is 0 Å². The second kappa shape index (κ2) is 14.3. The summed E-state index contributed by atoms with van der Waals surface area (Å²) in [5.41, 5.74) is 21.3. The molecule has 59 heavy (non-hydrogen) atoms. The summed E-state index contributed by atoms with van der Waals surface area (Å²) in [6.45, 7) is 2.17. The standard InChI is InChI=1S/C56H38N2O/c1-37-31-36-46-55(57-56-58(46)45-29-17-18-30-47(45)59-56)48(37)43-32-34-44(35-33-43)54-52(41-25-13-5-14-26-41)50(39-21-9-3-10-22-39)49(38-19-7-2-8-20-38)51(40-23-11-4-12-24-40)53(54)42-27-15-6-16-28-42/h2-36H,1H3. The Morgan fingerprint density at radius 3 is 1.07 bits per heavy atom. The van der Waals surface area contributed by atoms with E-state index in [1.54, 1.807) is 0 Å². The number of nitrogens with zero attached hydrogens (tertiary/aromatic N) is 2. The Balaban J connectivity index is 1.26. The molecular formula is C56H38N2O. The molecule has 0 saturated carbocycles. The Hall–Kier alpha value is -7.75. The van der Waals surface area contributed by atoms with Crippen molar-refractivity contribution in [1.82, 2.24) is 9.38 Å². The van der Waals surface area contributed by atoms with E-state index >= 15 is 0 Å². The molecule has 0 unspecified atom stereocenters. The molecule has 11 rings (SSSR count). The highest BCUT2D eigenvalue weighted by Gasteiger charge is 2.29. The van der Waals surface area contributed by atoms with Crippen molar-refractivity contribution in [1.29, 1.82) is 0 Å². The Bertz CT molecular complexity index is 3170. The first-order chi connectivity index (χ1) is 29.2. The van der Waals surface area contributed by atoms with Crippen LogP contribution >= 0.6 is 0 Å². The molecule has 0 fully saturated rings. The van der Waals surface area contributed by atoms with Crippen molar-refractivity contribution >= 4 is 28.0 Å². The number of hydrogen-bond acceptors (Lipinski definition) is 2. The molecule has 0 aliphatic heterocycles. The molecule has 3 heteroatoms. The van der Waals surface area contributed by atoms with E-state index in [0.717, 1.165) is 55.5 Å². The molecule has 2 heterocycles. The van der Waals surface area contributed by atoms with Crippen LogP contribution < -0.4 is 0 Å². The molecule has 278 valence electrons. The number of para-hydroxylation sites is 2. The predicted molar refractivity (Wildman–Crippen MR) is 245 cm³/mol. The van der Waals surface area contributed by atoms with Crippen LogP contribution in [-0.4, -0.2) is 9.38 Å². The quantitative estimate of drug-likeness (QED) is 0.162. The van der Waals surface area contributed by atoms with Gasteiger partial charge in [-0.25, -0.2) is 0 Å². The number of benzene rings is 9. The molecule has 0 saturated heterocycles. The summed E-state index contributed by atoms with van der Waals surface area (Å²) in [5, 5.41) is 0. The summed E-state index contributed by atoms with van der Waals surface area (Å²) >= 11 is 0. The van der Waals surface area contributed by atoms with E-state index in [2.05, 4.69) is 205 Å². The first-order valence-electron chi connectivity index (χ1n) is 20.1. The molecule has 0 spiro atoms. The molecule has 0 atom stereocenters. The third kappa shape index (κ3) is 5.78. The molecule has 0 amide bonds. The van der Waals surface area contributed by atoms with Crippen LogP contribution in [0.4, 0.5) is 0 Å². The van der Waals surface area contributed by atoms with Crippen molar-refractivity contribution in [3.8, 4) is 77.9 Å². The number of aryl methyl sites for hydroxylation is 1. The van der Waals surface area contributed by atoms with E-state index < -0.39 is 0 Å². The average Bonchev–Trinajstić information content (AvgIpc) is 3.86. The summed E-state index contributed by atoms with van der Waals surface area (Å²) in [4.78, 5) is 5.10. The first kappa shape index (κ1) is 34.5. The van der Waals surface area contributed by atoms with Gasteiger partial charge in [-0.2, -0.15) is 4.98 Å². The maximum absolute atomic E-state index is 6.24. The third-order valence-corrected chi connectivity index (χ3v) is 11.6. The van der Waals surface area contributed by atoms with Gasteiger partial charge in [-0.1, -0.05) is 194 Å². The highest BCUT2D eigenvalue weighted by molar-refractivity contribution is 6.15. The summed E-state index contributed by atoms with van der Waals surface area (Å²) in [6, 6.07) is 76.3. The largest absolute Gasteiger partial charge is 0.423 e. The molecular weight excluding hydrogens is 717 g/mol. The number of rotatable bonds is 7. The maximum atomic E-state index is 6.24. The Labute approximate surface area is 343 Å². The molecule has 3 nitrogen and oxygen atoms in total. The van der Waals surface area contributed by atoms with E-state index in [9.17, 15) is 0 Å². The number of hydrogen-bond donors (Lipinski definition) is 0. The number of oxazole rings is 1. The van der Waals surface area contributed by atoms with Crippen LogP contribution in [0.3, 0.4) is 0 Å². The van der Waals surface area contributed by atoms with Crippen LogP contribution in [0.1, 0.15) is 5.56 Å². The fraction of sp³-hybridized carbons (Fsp3) is 0.0179. The van der Waals surface area contributed by atoms with E-state index in [4.69, 9.17) is 9.40 Å². The SMILES string of the molecule is Cc1ccc2c(nc3oc4ccccc4n32)c1-c1ccc(-c2c(-c3ccccc3)c(-c3ccccc3)c(-c3ccccc3)c(-c3ccccc3)c2-c2ccccc2)cc1. The number of fused-ring (bicyclic) bond motifs is 5. The second-order valence-corrected chi connectivity index (χ2v) is 15.1. The lowest BCUT2D eigenvalue weighted by molar-refractivity contribution is 0.643. The average molecular weight is 755 g/mol. The molecule has 0 aliphatic rings. The van der Waals surface area contributed by atoms with E-state index in [1.807, 2.05) is 18.2 Å². The van der Waals surface area contributed by atoms with Gasteiger partial charge in [-0.05, 0) is 103 Å². The lowest BCUT2D eigenvalue weighted by atomic mass is 9.74. The predicted octanol–water partition coefficient (Wildman–Crippen LogP) is 15.2. The summed E-state index contributed by atoms with van der Waals surface area (Å²) in [5.74, 6) is 0.602. The molecule has 11 aromatic rings. The van der Waals surface area contributed by atoms with Gasteiger partial charge in [0.2, 0.25) is 0 Å². The van der Waals surface area contributed by atoms with Gasteiger partial charge in [-0.15, -0.1) is 0 Å². The van der Waals surface area contributed by atoms with Crippen LogP contribution in [-0.2, 0) is 0 Å². The Morgan fingerprint density at radius 2 is 0.661 bits per heavy atom. The third-order valence-electron chi connectivity index (χ3n) is 11.6. The van der Waals surface area contributed by atoms with Crippen molar-refractivity contribution in [2.45, 2.75) is 6.92 Å². The minimum absolute atomic E-state index is 0.602. The fourth-order valence-corrected chi connectivity index (χ4v) is 9.03. The molecule has 2 aromatic heterocycles. The normalized spacial score (nSPS) is 11.5. The summed E-state index contributed by atoms with van der Waals surface area (Å²) in [7, 11) is 0. The maximum Gasteiger partial charge on any atom is 0.307 e. The fourth-order valence-electron chi connectivity index (χ4n) is 9.03. The topological polar surface area (TPSA) is 30.4 Å². The van der Waals surface area contributed by atoms with Crippen molar-refractivity contribution in [2.24, 2.45) is 0 Å². The number of imidazole rings is 1.